The fourth-order valence-electron chi connectivity index (χ4n) is 2.59. The molecule has 1 fully saturated rings. The predicted molar refractivity (Wildman–Crippen MR) is 91.2 cm³/mol. The van der Waals surface area contributed by atoms with E-state index in [2.05, 4.69) is 10.6 Å². The maximum atomic E-state index is 12.0. The zero-order chi connectivity index (χ0) is 17.4. The number of hydrogen-bond donors (Lipinski definition) is 2. The minimum atomic E-state index is -0.275. The Hall–Kier alpha value is -2.44. The lowest BCUT2D eigenvalue weighted by atomic mass is 10.1. The summed E-state index contributed by atoms with van der Waals surface area (Å²) in [5.41, 5.74) is 0.864. The molecule has 0 aliphatic carbocycles. The third-order valence-electron chi connectivity index (χ3n) is 3.93. The van der Waals surface area contributed by atoms with Crippen LogP contribution in [0.5, 0.6) is 5.75 Å². The van der Waals surface area contributed by atoms with E-state index in [0.29, 0.717) is 19.7 Å². The molecule has 0 atom stereocenters. The van der Waals surface area contributed by atoms with Gasteiger partial charge in [-0.05, 0) is 44.0 Å². The minimum Gasteiger partial charge on any atom is -0.497 e. The Morgan fingerprint density at radius 3 is 2.46 bits per heavy atom. The first kappa shape index (κ1) is 17.9. The van der Waals surface area contributed by atoms with Crippen molar-refractivity contribution in [3.8, 4) is 5.75 Å². The number of rotatable bonds is 6. The van der Waals surface area contributed by atoms with E-state index in [4.69, 9.17) is 9.47 Å². The van der Waals surface area contributed by atoms with Gasteiger partial charge in [0.25, 0.3) is 0 Å². The molecule has 1 saturated heterocycles. The van der Waals surface area contributed by atoms with Crippen LogP contribution in [0.1, 0.15) is 19.8 Å². The maximum Gasteiger partial charge on any atom is 0.409 e. The van der Waals surface area contributed by atoms with E-state index in [1.54, 1.807) is 18.9 Å². The zero-order valence-corrected chi connectivity index (χ0v) is 14.2. The number of hydrogen-bond acceptors (Lipinski definition) is 5. The molecule has 24 heavy (non-hydrogen) atoms. The summed E-state index contributed by atoms with van der Waals surface area (Å²) in [6.07, 6.45) is 1.21. The summed E-state index contributed by atoms with van der Waals surface area (Å²) in [4.78, 5) is 25.3. The molecular formula is C17H25N3O4. The van der Waals surface area contributed by atoms with Crippen LogP contribution < -0.4 is 15.4 Å². The highest BCUT2D eigenvalue weighted by Gasteiger charge is 2.24. The van der Waals surface area contributed by atoms with Crippen molar-refractivity contribution >= 4 is 17.7 Å². The molecule has 2 rings (SSSR count). The summed E-state index contributed by atoms with van der Waals surface area (Å²) in [6, 6.07) is 7.51. The molecule has 1 heterocycles. The van der Waals surface area contributed by atoms with E-state index in [1.165, 1.54) is 0 Å². The van der Waals surface area contributed by atoms with E-state index < -0.39 is 0 Å². The maximum absolute atomic E-state index is 12.0. The van der Waals surface area contributed by atoms with Crippen LogP contribution in [-0.4, -0.2) is 56.3 Å². The lowest BCUT2D eigenvalue weighted by Crippen LogP contribution is -2.47. The number of methoxy groups -OCH3 is 1. The predicted octanol–water partition coefficient (Wildman–Crippen LogP) is 1.84. The first-order valence-electron chi connectivity index (χ1n) is 8.21. The number of nitrogens with zero attached hydrogens (tertiary/aromatic N) is 1. The van der Waals surface area contributed by atoms with E-state index in [9.17, 15) is 9.59 Å². The summed E-state index contributed by atoms with van der Waals surface area (Å²) in [6.45, 7) is 3.60. The summed E-state index contributed by atoms with van der Waals surface area (Å²) in [7, 11) is 1.61. The van der Waals surface area contributed by atoms with Gasteiger partial charge in [0.15, 0.2) is 0 Å². The van der Waals surface area contributed by atoms with Crippen molar-refractivity contribution in [1.82, 2.24) is 10.2 Å². The number of carbonyl (C=O) groups excluding carboxylic acids is 2. The fourth-order valence-corrected chi connectivity index (χ4v) is 2.59. The number of carbonyl (C=O) groups is 2. The second-order valence-electron chi connectivity index (χ2n) is 5.61. The molecular weight excluding hydrogens is 310 g/mol. The number of piperidine rings is 1. The molecule has 7 heteroatoms. The number of nitrogens with one attached hydrogen (secondary N) is 2. The molecule has 1 aromatic rings. The highest BCUT2D eigenvalue weighted by atomic mass is 16.6. The van der Waals surface area contributed by atoms with Crippen LogP contribution >= 0.6 is 0 Å². The van der Waals surface area contributed by atoms with Gasteiger partial charge in [-0.1, -0.05) is 0 Å². The molecule has 0 aromatic heterocycles. The first-order chi connectivity index (χ1) is 11.6. The van der Waals surface area contributed by atoms with E-state index in [0.717, 1.165) is 24.3 Å². The van der Waals surface area contributed by atoms with Gasteiger partial charge in [-0.25, -0.2) is 4.79 Å². The van der Waals surface area contributed by atoms with Gasteiger partial charge >= 0.3 is 6.09 Å². The molecule has 7 nitrogen and oxygen atoms in total. The van der Waals surface area contributed by atoms with Gasteiger partial charge in [0.1, 0.15) is 5.75 Å². The van der Waals surface area contributed by atoms with Crippen LogP contribution in [0.3, 0.4) is 0 Å². The van der Waals surface area contributed by atoms with Crippen molar-refractivity contribution in [2.75, 3.05) is 38.7 Å². The number of anilines is 1. The second kappa shape index (κ2) is 9.00. The van der Waals surface area contributed by atoms with E-state index in [-0.39, 0.29) is 24.6 Å². The van der Waals surface area contributed by atoms with Crippen molar-refractivity contribution in [2.45, 2.75) is 25.8 Å². The van der Waals surface area contributed by atoms with Crippen LogP contribution in [0.15, 0.2) is 24.3 Å². The third-order valence-corrected chi connectivity index (χ3v) is 3.93. The Kier molecular flexibility index (Phi) is 6.72. The average molecular weight is 335 g/mol. The topological polar surface area (TPSA) is 79.9 Å². The van der Waals surface area contributed by atoms with Crippen LogP contribution in [0.2, 0.25) is 0 Å². The summed E-state index contributed by atoms with van der Waals surface area (Å²) < 4.78 is 10.1. The molecule has 0 bridgehead atoms. The quantitative estimate of drug-likeness (QED) is 0.829. The van der Waals surface area contributed by atoms with E-state index in [1.807, 2.05) is 24.3 Å². The van der Waals surface area contributed by atoms with Gasteiger partial charge in [-0.15, -0.1) is 0 Å². The molecule has 0 unspecified atom stereocenters. The largest absolute Gasteiger partial charge is 0.497 e. The Morgan fingerprint density at radius 1 is 1.21 bits per heavy atom. The number of likely N-dealkylation sites (tertiary alicyclic amines) is 1. The average Bonchev–Trinajstić information content (AvgIpc) is 2.61. The molecule has 1 aliphatic heterocycles. The van der Waals surface area contributed by atoms with Crippen molar-refractivity contribution in [1.29, 1.82) is 0 Å². The molecule has 0 spiro atoms. The van der Waals surface area contributed by atoms with Crippen LogP contribution in [-0.2, 0) is 9.53 Å². The Morgan fingerprint density at radius 2 is 1.88 bits per heavy atom. The monoisotopic (exact) mass is 335 g/mol. The second-order valence-corrected chi connectivity index (χ2v) is 5.61. The molecule has 0 radical (unpaired) electrons. The van der Waals surface area contributed by atoms with E-state index >= 15 is 0 Å². The Bertz CT molecular complexity index is 539. The fraction of sp³-hybridized carbons (Fsp3) is 0.529. The van der Waals surface area contributed by atoms with Gasteiger partial charge in [-0.2, -0.15) is 0 Å². The van der Waals surface area contributed by atoms with Crippen LogP contribution in [0, 0.1) is 0 Å². The normalized spacial score (nSPS) is 14.8. The van der Waals surface area contributed by atoms with Crippen molar-refractivity contribution in [3.63, 3.8) is 0 Å². The smallest absolute Gasteiger partial charge is 0.409 e. The summed E-state index contributed by atoms with van der Waals surface area (Å²) >= 11 is 0. The number of ether oxygens (including phenoxy) is 2. The molecule has 2 N–H and O–H groups in total. The highest BCUT2D eigenvalue weighted by molar-refractivity contribution is 5.81. The molecule has 132 valence electrons. The highest BCUT2D eigenvalue weighted by Crippen LogP contribution is 2.15. The van der Waals surface area contributed by atoms with Gasteiger partial charge in [0.2, 0.25) is 5.91 Å². The van der Waals surface area contributed by atoms with Gasteiger partial charge in [0.05, 0.1) is 20.3 Å². The Labute approximate surface area is 142 Å². The van der Waals surface area contributed by atoms with Crippen molar-refractivity contribution in [2.24, 2.45) is 0 Å². The van der Waals surface area contributed by atoms with Crippen molar-refractivity contribution < 1.29 is 19.1 Å². The van der Waals surface area contributed by atoms with Crippen molar-refractivity contribution in [3.05, 3.63) is 24.3 Å². The Balaban J connectivity index is 1.68. The van der Waals surface area contributed by atoms with Gasteiger partial charge in [-0.3, -0.25) is 4.79 Å². The SMILES string of the molecule is CCOC(=O)N1CCC(NC(=O)CNc2ccc(OC)cc2)CC1. The van der Waals surface area contributed by atoms with Gasteiger partial charge in [0, 0.05) is 24.8 Å². The van der Waals surface area contributed by atoms with Gasteiger partial charge < -0.3 is 25.0 Å². The number of amides is 2. The summed E-state index contributed by atoms with van der Waals surface area (Å²) in [5, 5.41) is 6.08. The lowest BCUT2D eigenvalue weighted by molar-refractivity contribution is -0.120. The van der Waals surface area contributed by atoms with Crippen LogP contribution in [0.25, 0.3) is 0 Å². The molecule has 2 amide bonds. The molecule has 0 saturated carbocycles. The number of benzene rings is 1. The first-order valence-corrected chi connectivity index (χ1v) is 8.21. The molecule has 1 aromatic carbocycles. The standard InChI is InChI=1S/C17H25N3O4/c1-3-24-17(22)20-10-8-14(9-11-20)19-16(21)12-18-13-4-6-15(23-2)7-5-13/h4-7,14,18H,3,8-12H2,1-2H3,(H,19,21). The molecule has 1 aliphatic rings. The lowest BCUT2D eigenvalue weighted by Gasteiger charge is -2.31. The summed E-state index contributed by atoms with van der Waals surface area (Å²) in [5.74, 6) is 0.721. The third kappa shape index (κ3) is 5.33. The minimum absolute atomic E-state index is 0.0552. The van der Waals surface area contributed by atoms with Crippen LogP contribution in [0.4, 0.5) is 10.5 Å². The zero-order valence-electron chi connectivity index (χ0n) is 14.2.